The predicted octanol–water partition coefficient (Wildman–Crippen LogP) is 2.72. The molecule has 1 heterocycles. The monoisotopic (exact) mass is 318 g/mol. The zero-order valence-corrected chi connectivity index (χ0v) is 13.8. The Kier molecular flexibility index (Phi) is 5.18. The van der Waals surface area contributed by atoms with Gasteiger partial charge >= 0.3 is 0 Å². The molecule has 0 bridgehead atoms. The first-order valence-corrected chi connectivity index (χ1v) is 8.56. The maximum absolute atomic E-state index is 12.7. The van der Waals surface area contributed by atoms with Crippen LogP contribution < -0.4 is 15.4 Å². The van der Waals surface area contributed by atoms with Gasteiger partial charge in [-0.2, -0.15) is 0 Å². The molecule has 2 fully saturated rings. The molecule has 1 amide bonds. The number of hydrogen-bond donors (Lipinski definition) is 2. The minimum Gasteiger partial charge on any atom is -0.490 e. The van der Waals surface area contributed by atoms with Crippen LogP contribution in [0.4, 0.5) is 5.69 Å². The van der Waals surface area contributed by atoms with Gasteiger partial charge in [0, 0.05) is 18.9 Å². The zero-order chi connectivity index (χ0) is 16.1. The first-order chi connectivity index (χ1) is 11.2. The van der Waals surface area contributed by atoms with Crippen LogP contribution in [-0.2, 0) is 9.53 Å². The van der Waals surface area contributed by atoms with Crippen molar-refractivity contribution in [1.29, 1.82) is 0 Å². The molecule has 2 N–H and O–H groups in total. The second kappa shape index (κ2) is 7.32. The molecule has 0 spiro atoms. The van der Waals surface area contributed by atoms with E-state index in [0.717, 1.165) is 37.4 Å². The molecular weight excluding hydrogens is 292 g/mol. The predicted molar refractivity (Wildman–Crippen MR) is 89.8 cm³/mol. The minimum absolute atomic E-state index is 0.0699. The van der Waals surface area contributed by atoms with E-state index in [-0.39, 0.29) is 5.91 Å². The fourth-order valence-corrected chi connectivity index (χ4v) is 3.45. The normalized spacial score (nSPS) is 21.1. The summed E-state index contributed by atoms with van der Waals surface area (Å²) in [6, 6.07) is 7.66. The Bertz CT molecular complexity index is 535. The van der Waals surface area contributed by atoms with Crippen LogP contribution in [-0.4, -0.2) is 37.8 Å². The van der Waals surface area contributed by atoms with E-state index >= 15 is 0 Å². The van der Waals surface area contributed by atoms with Gasteiger partial charge in [0.05, 0.1) is 6.10 Å². The summed E-state index contributed by atoms with van der Waals surface area (Å²) >= 11 is 0. The third-order valence-corrected chi connectivity index (χ3v) is 4.91. The molecule has 0 radical (unpaired) electrons. The van der Waals surface area contributed by atoms with Gasteiger partial charge in [-0.3, -0.25) is 4.79 Å². The number of methoxy groups -OCH3 is 1. The SMILES string of the molecule is COC1(C(=O)Nc2cccc(OC3CCCC3)c2)CCNCC1. The van der Waals surface area contributed by atoms with Crippen molar-refractivity contribution in [3.63, 3.8) is 0 Å². The summed E-state index contributed by atoms with van der Waals surface area (Å²) in [4.78, 5) is 12.7. The van der Waals surface area contributed by atoms with Crippen molar-refractivity contribution >= 4 is 11.6 Å². The van der Waals surface area contributed by atoms with Crippen LogP contribution in [0.3, 0.4) is 0 Å². The fraction of sp³-hybridized carbons (Fsp3) is 0.611. The van der Waals surface area contributed by atoms with Gasteiger partial charge in [0.1, 0.15) is 11.4 Å². The Labute approximate surface area is 137 Å². The molecule has 1 aliphatic carbocycles. The summed E-state index contributed by atoms with van der Waals surface area (Å²) in [5, 5.41) is 6.26. The molecule has 1 saturated heterocycles. The quantitative estimate of drug-likeness (QED) is 0.876. The van der Waals surface area contributed by atoms with Crippen LogP contribution in [0.2, 0.25) is 0 Å². The van der Waals surface area contributed by atoms with Crippen molar-refractivity contribution < 1.29 is 14.3 Å². The number of piperidine rings is 1. The Hall–Kier alpha value is -1.59. The average Bonchev–Trinajstić information content (AvgIpc) is 3.08. The Morgan fingerprint density at radius 2 is 2.00 bits per heavy atom. The largest absolute Gasteiger partial charge is 0.490 e. The summed E-state index contributed by atoms with van der Waals surface area (Å²) in [5.74, 6) is 0.756. The van der Waals surface area contributed by atoms with Crippen LogP contribution in [0, 0.1) is 0 Å². The van der Waals surface area contributed by atoms with E-state index < -0.39 is 5.60 Å². The molecular formula is C18H26N2O3. The molecule has 5 nitrogen and oxygen atoms in total. The molecule has 1 aromatic carbocycles. The zero-order valence-electron chi connectivity index (χ0n) is 13.8. The Morgan fingerprint density at radius 3 is 2.70 bits per heavy atom. The minimum atomic E-state index is -0.729. The Balaban J connectivity index is 1.65. The summed E-state index contributed by atoms with van der Waals surface area (Å²) in [7, 11) is 1.62. The van der Waals surface area contributed by atoms with E-state index in [1.165, 1.54) is 12.8 Å². The van der Waals surface area contributed by atoms with Gasteiger partial charge in [-0.1, -0.05) is 6.07 Å². The van der Waals surface area contributed by atoms with Crippen molar-refractivity contribution in [1.82, 2.24) is 5.32 Å². The van der Waals surface area contributed by atoms with Crippen LogP contribution in [0.25, 0.3) is 0 Å². The molecule has 1 saturated carbocycles. The average molecular weight is 318 g/mol. The lowest BCUT2D eigenvalue weighted by Crippen LogP contribution is -2.51. The van der Waals surface area contributed by atoms with Crippen molar-refractivity contribution in [2.24, 2.45) is 0 Å². The fourth-order valence-electron chi connectivity index (χ4n) is 3.45. The van der Waals surface area contributed by atoms with Gasteiger partial charge in [-0.05, 0) is 63.7 Å². The first-order valence-electron chi connectivity index (χ1n) is 8.56. The van der Waals surface area contributed by atoms with E-state index in [4.69, 9.17) is 9.47 Å². The second-order valence-electron chi connectivity index (χ2n) is 6.45. The van der Waals surface area contributed by atoms with E-state index in [1.54, 1.807) is 7.11 Å². The lowest BCUT2D eigenvalue weighted by molar-refractivity contribution is -0.140. The van der Waals surface area contributed by atoms with Crippen molar-refractivity contribution in [3.8, 4) is 5.75 Å². The van der Waals surface area contributed by atoms with Crippen molar-refractivity contribution in [3.05, 3.63) is 24.3 Å². The number of benzene rings is 1. The van der Waals surface area contributed by atoms with Crippen LogP contribution >= 0.6 is 0 Å². The van der Waals surface area contributed by atoms with Gasteiger partial charge in [0.2, 0.25) is 0 Å². The van der Waals surface area contributed by atoms with Gasteiger partial charge in [-0.25, -0.2) is 0 Å². The third-order valence-electron chi connectivity index (χ3n) is 4.91. The molecule has 1 aliphatic heterocycles. The lowest BCUT2D eigenvalue weighted by Gasteiger charge is -2.34. The molecule has 0 atom stereocenters. The summed E-state index contributed by atoms with van der Waals surface area (Å²) < 4.78 is 11.6. The molecule has 23 heavy (non-hydrogen) atoms. The molecule has 126 valence electrons. The van der Waals surface area contributed by atoms with Crippen molar-refractivity contribution in [2.75, 3.05) is 25.5 Å². The van der Waals surface area contributed by atoms with Gasteiger partial charge in [0.15, 0.2) is 0 Å². The highest BCUT2D eigenvalue weighted by Crippen LogP contribution is 2.28. The lowest BCUT2D eigenvalue weighted by atomic mass is 9.91. The highest BCUT2D eigenvalue weighted by atomic mass is 16.5. The first kappa shape index (κ1) is 16.3. The number of ether oxygens (including phenoxy) is 2. The van der Waals surface area contributed by atoms with Crippen LogP contribution in [0.15, 0.2) is 24.3 Å². The van der Waals surface area contributed by atoms with Gasteiger partial charge in [-0.15, -0.1) is 0 Å². The van der Waals surface area contributed by atoms with Crippen molar-refractivity contribution in [2.45, 2.75) is 50.2 Å². The molecule has 0 aromatic heterocycles. The van der Waals surface area contributed by atoms with E-state index in [2.05, 4.69) is 10.6 Å². The Morgan fingerprint density at radius 1 is 1.26 bits per heavy atom. The summed E-state index contributed by atoms with van der Waals surface area (Å²) in [6.07, 6.45) is 6.42. The van der Waals surface area contributed by atoms with E-state index in [0.29, 0.717) is 18.9 Å². The number of rotatable bonds is 5. The number of anilines is 1. The smallest absolute Gasteiger partial charge is 0.256 e. The molecule has 3 rings (SSSR count). The second-order valence-corrected chi connectivity index (χ2v) is 6.45. The van der Waals surface area contributed by atoms with Crippen LogP contribution in [0.5, 0.6) is 5.75 Å². The summed E-state index contributed by atoms with van der Waals surface area (Å²) in [5.41, 5.74) is 0.0357. The number of carbonyl (C=O) groups is 1. The maximum atomic E-state index is 12.7. The highest BCUT2D eigenvalue weighted by molar-refractivity contribution is 5.97. The third kappa shape index (κ3) is 3.85. The van der Waals surface area contributed by atoms with Gasteiger partial charge in [0.25, 0.3) is 5.91 Å². The number of nitrogens with one attached hydrogen (secondary N) is 2. The topological polar surface area (TPSA) is 59.6 Å². The van der Waals surface area contributed by atoms with E-state index in [1.807, 2.05) is 24.3 Å². The maximum Gasteiger partial charge on any atom is 0.256 e. The van der Waals surface area contributed by atoms with Gasteiger partial charge < -0.3 is 20.1 Å². The molecule has 2 aliphatic rings. The van der Waals surface area contributed by atoms with E-state index in [9.17, 15) is 4.79 Å². The standard InChI is InChI=1S/C18H26N2O3/c1-22-18(9-11-19-12-10-18)17(21)20-14-5-4-8-16(13-14)23-15-6-2-3-7-15/h4-5,8,13,15,19H,2-3,6-7,9-12H2,1H3,(H,20,21). The number of hydrogen-bond acceptors (Lipinski definition) is 4. The van der Waals surface area contributed by atoms with Crippen LogP contribution in [0.1, 0.15) is 38.5 Å². The molecule has 0 unspecified atom stereocenters. The summed E-state index contributed by atoms with van der Waals surface area (Å²) in [6.45, 7) is 1.60. The molecule has 5 heteroatoms. The highest BCUT2D eigenvalue weighted by Gasteiger charge is 2.39. The number of carbonyl (C=O) groups excluding carboxylic acids is 1. The number of amides is 1. The molecule has 1 aromatic rings.